The van der Waals surface area contributed by atoms with E-state index in [2.05, 4.69) is 5.32 Å². The van der Waals surface area contributed by atoms with E-state index in [0.717, 1.165) is 38.5 Å². The van der Waals surface area contributed by atoms with E-state index in [1.807, 2.05) is 4.90 Å². The predicted molar refractivity (Wildman–Crippen MR) is 106 cm³/mol. The van der Waals surface area contributed by atoms with E-state index < -0.39 is 11.0 Å². The largest absolute Gasteiger partial charge is 0.454 e. The Morgan fingerprint density at radius 1 is 1.13 bits per heavy atom. The molecule has 3 aliphatic rings. The van der Waals surface area contributed by atoms with Gasteiger partial charge in [0.25, 0.3) is 5.69 Å². The van der Waals surface area contributed by atoms with E-state index in [1.54, 1.807) is 11.0 Å². The molecule has 1 saturated carbocycles. The Hall–Kier alpha value is -2.88. The molecule has 30 heavy (non-hydrogen) atoms. The molecule has 0 aromatic heterocycles. The van der Waals surface area contributed by atoms with Crippen LogP contribution in [-0.2, 0) is 9.59 Å². The lowest BCUT2D eigenvalue weighted by Crippen LogP contribution is -2.52. The molecule has 2 amide bonds. The summed E-state index contributed by atoms with van der Waals surface area (Å²) < 4.78 is 10.7. The maximum Gasteiger partial charge on any atom is 0.278 e. The molecule has 1 N–H and O–H groups in total. The number of ether oxygens (including phenoxy) is 2. The van der Waals surface area contributed by atoms with E-state index in [0.29, 0.717) is 37.7 Å². The average Bonchev–Trinajstić information content (AvgIpc) is 3.22. The Bertz CT molecular complexity index is 818. The molecule has 2 heterocycles. The molecule has 0 radical (unpaired) electrons. The molecular formula is C20H26N4O6. The average molecular weight is 418 g/mol. The quantitative estimate of drug-likeness (QED) is 0.424. The minimum absolute atomic E-state index is 0.00706. The van der Waals surface area contributed by atoms with Crippen molar-refractivity contribution in [1.29, 1.82) is 0 Å². The number of hydrogen-bond acceptors (Lipinski definition) is 7. The fraction of sp³-hybridized carbons (Fsp3) is 0.600. The van der Waals surface area contributed by atoms with Gasteiger partial charge in [-0.25, -0.2) is 0 Å². The number of benzene rings is 1. The number of nitrogens with one attached hydrogen (secondary N) is 1. The zero-order valence-electron chi connectivity index (χ0n) is 16.7. The highest BCUT2D eigenvalue weighted by Crippen LogP contribution is 2.42. The van der Waals surface area contributed by atoms with E-state index >= 15 is 0 Å². The van der Waals surface area contributed by atoms with Gasteiger partial charge in [0.2, 0.25) is 19.1 Å². The van der Waals surface area contributed by atoms with Gasteiger partial charge >= 0.3 is 0 Å². The third-order valence-electron chi connectivity index (χ3n) is 6.08. The molecule has 1 saturated heterocycles. The third-order valence-corrected chi connectivity index (χ3v) is 6.08. The van der Waals surface area contributed by atoms with Crippen molar-refractivity contribution in [3.05, 3.63) is 27.8 Å². The highest BCUT2D eigenvalue weighted by Gasteiger charge is 2.37. The summed E-state index contributed by atoms with van der Waals surface area (Å²) in [4.78, 5) is 39.4. The van der Waals surface area contributed by atoms with Crippen molar-refractivity contribution in [3.8, 4) is 11.5 Å². The summed E-state index contributed by atoms with van der Waals surface area (Å²) in [6.07, 6.45) is 5.92. The van der Waals surface area contributed by atoms with Gasteiger partial charge in [0, 0.05) is 32.2 Å². The van der Waals surface area contributed by atoms with E-state index in [1.165, 1.54) is 6.07 Å². The molecule has 2 fully saturated rings. The summed E-state index contributed by atoms with van der Waals surface area (Å²) >= 11 is 0. The second-order valence-corrected chi connectivity index (χ2v) is 7.94. The van der Waals surface area contributed by atoms with Gasteiger partial charge in [0.05, 0.1) is 16.6 Å². The van der Waals surface area contributed by atoms with E-state index in [4.69, 9.17) is 9.47 Å². The van der Waals surface area contributed by atoms with Crippen LogP contribution < -0.4 is 14.8 Å². The van der Waals surface area contributed by atoms with Gasteiger partial charge in [-0.15, -0.1) is 0 Å². The lowest BCUT2D eigenvalue weighted by atomic mass is 9.94. The van der Waals surface area contributed by atoms with Crippen molar-refractivity contribution in [2.45, 2.75) is 44.2 Å². The Morgan fingerprint density at radius 3 is 2.43 bits per heavy atom. The van der Waals surface area contributed by atoms with Crippen LogP contribution in [0.4, 0.5) is 5.69 Å². The number of fused-ring (bicyclic) bond motifs is 1. The van der Waals surface area contributed by atoms with Crippen LogP contribution in [0.2, 0.25) is 0 Å². The molecule has 1 atom stereocenters. The predicted octanol–water partition coefficient (Wildman–Crippen LogP) is 1.59. The first-order chi connectivity index (χ1) is 14.6. The maximum absolute atomic E-state index is 13.4. The Morgan fingerprint density at radius 2 is 1.80 bits per heavy atom. The van der Waals surface area contributed by atoms with Crippen LogP contribution in [0.15, 0.2) is 12.1 Å². The fourth-order valence-electron chi connectivity index (χ4n) is 4.46. The van der Waals surface area contributed by atoms with Gasteiger partial charge in [0.15, 0.2) is 11.5 Å². The van der Waals surface area contributed by atoms with Gasteiger partial charge < -0.3 is 19.7 Å². The molecular weight excluding hydrogens is 392 g/mol. The third kappa shape index (κ3) is 4.18. The number of rotatable bonds is 6. The molecule has 162 valence electrons. The number of nitro groups is 1. The van der Waals surface area contributed by atoms with Crippen LogP contribution in [0.25, 0.3) is 0 Å². The maximum atomic E-state index is 13.4. The Balaban J connectivity index is 1.67. The molecule has 0 spiro atoms. The number of nitro benzene ring substituents is 1. The standard InChI is InChI=1S/C20H26N4O6/c25-12-22-6-8-23(9-7-22)19(20(26)21-14-4-2-1-3-5-14)15-10-17-18(30-13-29-17)11-16(15)24(27)28/h10-12,14,19H,1-9,13H2,(H,21,26)/t19-/m0/s1. The molecule has 0 unspecified atom stereocenters. The zero-order valence-corrected chi connectivity index (χ0v) is 16.7. The number of hydrogen-bond donors (Lipinski definition) is 1. The summed E-state index contributed by atoms with van der Waals surface area (Å²) in [6.45, 7) is 1.83. The van der Waals surface area contributed by atoms with Crippen molar-refractivity contribution in [2.75, 3.05) is 33.0 Å². The number of amides is 2. The highest BCUT2D eigenvalue weighted by atomic mass is 16.7. The molecule has 0 bridgehead atoms. The van der Waals surface area contributed by atoms with E-state index in [-0.39, 0.29) is 30.0 Å². The first-order valence-electron chi connectivity index (χ1n) is 10.4. The second kappa shape index (κ2) is 8.86. The van der Waals surface area contributed by atoms with Gasteiger partial charge in [-0.3, -0.25) is 24.6 Å². The molecule has 10 nitrogen and oxygen atoms in total. The lowest BCUT2D eigenvalue weighted by molar-refractivity contribution is -0.386. The summed E-state index contributed by atoms with van der Waals surface area (Å²) in [7, 11) is 0. The summed E-state index contributed by atoms with van der Waals surface area (Å²) in [6, 6.07) is 2.13. The SMILES string of the molecule is O=CN1CCN([C@H](C(=O)NC2CCCCC2)c2cc3c(cc2[N+](=O)[O-])OCO3)CC1. The fourth-order valence-corrected chi connectivity index (χ4v) is 4.46. The van der Waals surface area contributed by atoms with Gasteiger partial charge in [0.1, 0.15) is 6.04 Å². The molecule has 4 rings (SSSR count). The highest BCUT2D eigenvalue weighted by molar-refractivity contribution is 5.85. The summed E-state index contributed by atoms with van der Waals surface area (Å²) in [5, 5.41) is 14.9. The van der Waals surface area contributed by atoms with Crippen LogP contribution >= 0.6 is 0 Å². The number of nitrogens with zero attached hydrogens (tertiary/aromatic N) is 3. The number of piperazine rings is 1. The van der Waals surface area contributed by atoms with Crippen molar-refractivity contribution in [2.24, 2.45) is 0 Å². The minimum atomic E-state index is -0.837. The van der Waals surface area contributed by atoms with Gasteiger partial charge in [-0.05, 0) is 18.9 Å². The molecule has 10 heteroatoms. The number of carbonyl (C=O) groups is 2. The van der Waals surface area contributed by atoms with Crippen molar-refractivity contribution >= 4 is 18.0 Å². The first-order valence-corrected chi connectivity index (χ1v) is 10.4. The molecule has 2 aliphatic heterocycles. The topological polar surface area (TPSA) is 114 Å². The lowest BCUT2D eigenvalue weighted by Gasteiger charge is -2.38. The minimum Gasteiger partial charge on any atom is -0.454 e. The molecule has 1 aromatic rings. The van der Waals surface area contributed by atoms with Gasteiger partial charge in [-0.1, -0.05) is 19.3 Å². The monoisotopic (exact) mass is 418 g/mol. The van der Waals surface area contributed by atoms with Crippen LogP contribution in [0.5, 0.6) is 11.5 Å². The summed E-state index contributed by atoms with van der Waals surface area (Å²) in [5.41, 5.74) is 0.123. The second-order valence-electron chi connectivity index (χ2n) is 7.94. The van der Waals surface area contributed by atoms with Crippen molar-refractivity contribution in [1.82, 2.24) is 15.1 Å². The van der Waals surface area contributed by atoms with E-state index in [9.17, 15) is 19.7 Å². The molecule has 1 aromatic carbocycles. The summed E-state index contributed by atoms with van der Waals surface area (Å²) in [5.74, 6) is 0.462. The molecule has 1 aliphatic carbocycles. The zero-order chi connectivity index (χ0) is 21.1. The van der Waals surface area contributed by atoms with Crippen LogP contribution in [0, 0.1) is 10.1 Å². The number of carbonyl (C=O) groups excluding carboxylic acids is 2. The van der Waals surface area contributed by atoms with Crippen LogP contribution in [-0.4, -0.2) is 66.1 Å². The van der Waals surface area contributed by atoms with Crippen LogP contribution in [0.3, 0.4) is 0 Å². The van der Waals surface area contributed by atoms with Crippen molar-refractivity contribution in [3.63, 3.8) is 0 Å². The van der Waals surface area contributed by atoms with Crippen molar-refractivity contribution < 1.29 is 24.0 Å². The van der Waals surface area contributed by atoms with Crippen LogP contribution in [0.1, 0.15) is 43.7 Å². The Kier molecular flexibility index (Phi) is 6.03. The smallest absolute Gasteiger partial charge is 0.278 e. The Labute approximate surface area is 174 Å². The normalized spacial score (nSPS) is 20.6. The first kappa shape index (κ1) is 20.4. The van der Waals surface area contributed by atoms with Gasteiger partial charge in [-0.2, -0.15) is 0 Å².